The van der Waals surface area contributed by atoms with Crippen LogP contribution in [0.25, 0.3) is 11.3 Å². The van der Waals surface area contributed by atoms with E-state index < -0.39 is 0 Å². The number of hydrogen-bond donors (Lipinski definition) is 1. The van der Waals surface area contributed by atoms with Gasteiger partial charge >= 0.3 is 0 Å². The van der Waals surface area contributed by atoms with Crippen LogP contribution in [0.4, 0.5) is 11.6 Å². The lowest BCUT2D eigenvalue weighted by molar-refractivity contribution is 0.424. The molecule has 24 heavy (non-hydrogen) atoms. The van der Waals surface area contributed by atoms with Crippen LogP contribution in [0.2, 0.25) is 0 Å². The predicted octanol–water partition coefficient (Wildman–Crippen LogP) is 3.34. The van der Waals surface area contributed by atoms with Gasteiger partial charge in [0.1, 0.15) is 23.7 Å². The highest BCUT2D eigenvalue weighted by Crippen LogP contribution is 2.21. The van der Waals surface area contributed by atoms with E-state index in [1.165, 1.54) is 12.8 Å². The van der Waals surface area contributed by atoms with Gasteiger partial charge in [-0.05, 0) is 12.8 Å². The van der Waals surface area contributed by atoms with Crippen molar-refractivity contribution in [2.45, 2.75) is 19.4 Å². The zero-order chi connectivity index (χ0) is 16.2. The molecule has 122 valence electrons. The minimum atomic E-state index is 0.562. The van der Waals surface area contributed by atoms with Gasteiger partial charge in [0.15, 0.2) is 5.76 Å². The van der Waals surface area contributed by atoms with E-state index >= 15 is 0 Å². The highest BCUT2D eigenvalue weighted by atomic mass is 16.5. The molecule has 1 aromatic carbocycles. The van der Waals surface area contributed by atoms with Gasteiger partial charge in [-0.15, -0.1) is 0 Å². The summed E-state index contributed by atoms with van der Waals surface area (Å²) in [4.78, 5) is 10.9. The van der Waals surface area contributed by atoms with Crippen LogP contribution < -0.4 is 10.2 Å². The van der Waals surface area contributed by atoms with Crippen molar-refractivity contribution in [1.82, 2.24) is 15.1 Å². The number of nitrogens with one attached hydrogen (secondary N) is 1. The van der Waals surface area contributed by atoms with Gasteiger partial charge in [0.25, 0.3) is 0 Å². The zero-order valence-electron chi connectivity index (χ0n) is 13.4. The molecule has 6 nitrogen and oxygen atoms in total. The third-order valence-electron chi connectivity index (χ3n) is 4.15. The summed E-state index contributed by atoms with van der Waals surface area (Å²) >= 11 is 0. The van der Waals surface area contributed by atoms with Gasteiger partial charge in [-0.3, -0.25) is 0 Å². The third-order valence-corrected chi connectivity index (χ3v) is 4.15. The van der Waals surface area contributed by atoms with Crippen molar-refractivity contribution in [3.8, 4) is 11.3 Å². The first-order valence-electron chi connectivity index (χ1n) is 8.20. The number of hydrogen-bond acceptors (Lipinski definition) is 6. The van der Waals surface area contributed by atoms with Crippen LogP contribution in [-0.2, 0) is 6.54 Å². The van der Waals surface area contributed by atoms with Gasteiger partial charge in [-0.25, -0.2) is 9.97 Å². The maximum atomic E-state index is 5.41. The van der Waals surface area contributed by atoms with E-state index in [9.17, 15) is 0 Å². The third kappa shape index (κ3) is 3.22. The number of rotatable bonds is 5. The lowest BCUT2D eigenvalue weighted by Gasteiger charge is -2.16. The van der Waals surface area contributed by atoms with Crippen LogP contribution in [0.5, 0.6) is 0 Å². The smallest absolute Gasteiger partial charge is 0.167 e. The Morgan fingerprint density at radius 3 is 2.71 bits per heavy atom. The van der Waals surface area contributed by atoms with Crippen molar-refractivity contribution in [3.63, 3.8) is 0 Å². The van der Waals surface area contributed by atoms with Crippen LogP contribution in [-0.4, -0.2) is 28.2 Å². The van der Waals surface area contributed by atoms with Gasteiger partial charge in [0.2, 0.25) is 0 Å². The second kappa shape index (κ2) is 6.70. The van der Waals surface area contributed by atoms with E-state index in [0.717, 1.165) is 41.7 Å². The molecular formula is C18H19N5O. The summed E-state index contributed by atoms with van der Waals surface area (Å²) in [6.07, 6.45) is 4.07. The first-order valence-corrected chi connectivity index (χ1v) is 8.20. The van der Waals surface area contributed by atoms with Crippen LogP contribution in [0.15, 0.2) is 53.3 Å². The molecule has 0 radical (unpaired) electrons. The molecule has 1 N–H and O–H groups in total. The molecule has 3 aromatic rings. The Balaban J connectivity index is 1.42. The molecule has 0 aliphatic carbocycles. The fourth-order valence-electron chi connectivity index (χ4n) is 2.88. The molecule has 6 heteroatoms. The summed E-state index contributed by atoms with van der Waals surface area (Å²) in [5.74, 6) is 2.55. The zero-order valence-corrected chi connectivity index (χ0v) is 13.4. The fourth-order valence-corrected chi connectivity index (χ4v) is 2.88. The predicted molar refractivity (Wildman–Crippen MR) is 92.7 cm³/mol. The van der Waals surface area contributed by atoms with Crippen molar-refractivity contribution in [2.75, 3.05) is 23.3 Å². The van der Waals surface area contributed by atoms with Crippen molar-refractivity contribution in [3.05, 3.63) is 54.5 Å². The Morgan fingerprint density at radius 1 is 1.04 bits per heavy atom. The highest BCUT2D eigenvalue weighted by molar-refractivity contribution is 5.57. The van der Waals surface area contributed by atoms with Crippen molar-refractivity contribution in [1.29, 1.82) is 0 Å². The van der Waals surface area contributed by atoms with E-state index in [-0.39, 0.29) is 0 Å². The van der Waals surface area contributed by atoms with Crippen molar-refractivity contribution in [2.24, 2.45) is 0 Å². The molecule has 0 saturated carbocycles. The Kier molecular flexibility index (Phi) is 4.10. The van der Waals surface area contributed by atoms with Gasteiger partial charge < -0.3 is 14.7 Å². The van der Waals surface area contributed by atoms with Crippen LogP contribution in [0, 0.1) is 0 Å². The largest absolute Gasteiger partial charge is 0.364 e. The summed E-state index contributed by atoms with van der Waals surface area (Å²) in [5.41, 5.74) is 1.87. The SMILES string of the molecule is c1ccc(-c2cc(CNc3cc(N4CCCC4)ncn3)no2)cc1. The van der Waals surface area contributed by atoms with E-state index in [1.54, 1.807) is 6.33 Å². The molecule has 0 spiro atoms. The minimum absolute atomic E-state index is 0.562. The number of benzene rings is 1. The summed E-state index contributed by atoms with van der Waals surface area (Å²) in [7, 11) is 0. The average molecular weight is 321 g/mol. The number of aromatic nitrogens is 3. The summed E-state index contributed by atoms with van der Waals surface area (Å²) < 4.78 is 5.41. The van der Waals surface area contributed by atoms with Gasteiger partial charge in [-0.1, -0.05) is 35.5 Å². The van der Waals surface area contributed by atoms with Gasteiger partial charge in [0, 0.05) is 30.8 Å². The fraction of sp³-hybridized carbons (Fsp3) is 0.278. The maximum absolute atomic E-state index is 5.41. The molecule has 1 aliphatic heterocycles. The molecule has 0 atom stereocenters. The molecule has 0 amide bonds. The Morgan fingerprint density at radius 2 is 1.88 bits per heavy atom. The van der Waals surface area contributed by atoms with E-state index in [2.05, 4.69) is 25.3 Å². The summed E-state index contributed by atoms with van der Waals surface area (Å²) in [5, 5.41) is 7.41. The Hall–Kier alpha value is -2.89. The molecule has 0 unspecified atom stereocenters. The van der Waals surface area contributed by atoms with E-state index in [0.29, 0.717) is 6.54 Å². The Labute approximate surface area is 140 Å². The topological polar surface area (TPSA) is 67.1 Å². The van der Waals surface area contributed by atoms with Crippen LogP contribution in [0.1, 0.15) is 18.5 Å². The van der Waals surface area contributed by atoms with Gasteiger partial charge in [-0.2, -0.15) is 0 Å². The number of anilines is 2. The maximum Gasteiger partial charge on any atom is 0.167 e. The first kappa shape index (κ1) is 14.7. The lowest BCUT2D eigenvalue weighted by atomic mass is 10.2. The molecule has 1 aliphatic rings. The summed E-state index contributed by atoms with van der Waals surface area (Å²) in [6.45, 7) is 2.70. The molecule has 0 bridgehead atoms. The van der Waals surface area contributed by atoms with Crippen molar-refractivity contribution < 1.29 is 4.52 Å². The molecular weight excluding hydrogens is 302 g/mol. The van der Waals surface area contributed by atoms with E-state index in [4.69, 9.17) is 4.52 Å². The highest BCUT2D eigenvalue weighted by Gasteiger charge is 2.14. The quantitative estimate of drug-likeness (QED) is 0.777. The Bertz CT molecular complexity index is 796. The van der Waals surface area contributed by atoms with Crippen molar-refractivity contribution >= 4 is 11.6 Å². The second-order valence-electron chi connectivity index (χ2n) is 5.86. The normalized spacial score (nSPS) is 14.1. The van der Waals surface area contributed by atoms with E-state index in [1.807, 2.05) is 42.5 Å². The number of nitrogens with zero attached hydrogens (tertiary/aromatic N) is 4. The minimum Gasteiger partial charge on any atom is -0.364 e. The molecule has 3 heterocycles. The van der Waals surface area contributed by atoms with Crippen LogP contribution >= 0.6 is 0 Å². The second-order valence-corrected chi connectivity index (χ2v) is 5.86. The van der Waals surface area contributed by atoms with Gasteiger partial charge in [0.05, 0.1) is 6.54 Å². The lowest BCUT2D eigenvalue weighted by Crippen LogP contribution is -2.19. The standard InChI is InChI=1S/C18H19N5O/c1-2-6-14(7-3-1)16-10-15(22-24-16)12-19-17-11-18(21-13-20-17)23-8-4-5-9-23/h1-3,6-7,10-11,13H,4-5,8-9,12H2,(H,19,20,21). The monoisotopic (exact) mass is 321 g/mol. The molecule has 2 aromatic heterocycles. The molecule has 4 rings (SSSR count). The summed E-state index contributed by atoms with van der Waals surface area (Å²) in [6, 6.07) is 13.9. The average Bonchev–Trinajstić information content (AvgIpc) is 3.33. The molecule has 1 saturated heterocycles. The van der Waals surface area contributed by atoms with Crippen LogP contribution in [0.3, 0.4) is 0 Å². The first-order chi connectivity index (χ1) is 11.9. The molecule has 1 fully saturated rings.